The third kappa shape index (κ3) is 2.80. The number of nitrogens with zero attached hydrogens (tertiary/aromatic N) is 4. The number of hydrogen-bond acceptors (Lipinski definition) is 4. The van der Waals surface area contributed by atoms with Crippen molar-refractivity contribution in [2.45, 2.75) is 13.3 Å². The predicted octanol–water partition coefficient (Wildman–Crippen LogP) is 3.94. The second-order valence-corrected chi connectivity index (χ2v) is 5.31. The van der Waals surface area contributed by atoms with Crippen molar-refractivity contribution >= 4 is 40.1 Å². The molecule has 0 saturated heterocycles. The fourth-order valence-corrected chi connectivity index (χ4v) is 2.32. The first-order valence-corrected chi connectivity index (χ1v) is 7.35. The normalized spacial score (nSPS) is 11.0. The molecule has 108 valence electrons. The topological polar surface area (TPSA) is 55.6 Å². The number of anilines is 1. The molecule has 0 saturated carbocycles. The van der Waals surface area contributed by atoms with E-state index < -0.39 is 0 Å². The van der Waals surface area contributed by atoms with Gasteiger partial charge in [0.2, 0.25) is 5.28 Å². The van der Waals surface area contributed by atoms with Gasteiger partial charge in [-0.1, -0.05) is 18.5 Å². The van der Waals surface area contributed by atoms with Crippen LogP contribution in [-0.4, -0.2) is 26.3 Å². The summed E-state index contributed by atoms with van der Waals surface area (Å²) in [6.07, 6.45) is 2.73. The SMILES string of the molecule is CCCNc1nc(Cl)nc2c1cnn2-c1ccc(Cl)cc1. The highest BCUT2D eigenvalue weighted by Gasteiger charge is 2.13. The molecule has 1 N–H and O–H groups in total. The van der Waals surface area contributed by atoms with E-state index in [0.717, 1.165) is 24.0 Å². The number of benzene rings is 1. The Hall–Kier alpha value is -1.85. The molecule has 1 aromatic carbocycles. The molecule has 7 heteroatoms. The predicted molar refractivity (Wildman–Crippen MR) is 85.5 cm³/mol. The third-order valence-electron chi connectivity index (χ3n) is 3.01. The molecule has 0 amide bonds. The van der Waals surface area contributed by atoms with E-state index in [2.05, 4.69) is 27.3 Å². The molecule has 0 atom stereocenters. The lowest BCUT2D eigenvalue weighted by Gasteiger charge is -2.06. The molecule has 3 rings (SSSR count). The van der Waals surface area contributed by atoms with Gasteiger partial charge in [0.05, 0.1) is 17.3 Å². The van der Waals surface area contributed by atoms with E-state index in [1.54, 1.807) is 10.9 Å². The molecule has 2 heterocycles. The zero-order chi connectivity index (χ0) is 14.8. The van der Waals surface area contributed by atoms with Gasteiger partial charge in [0, 0.05) is 11.6 Å². The average molecular weight is 322 g/mol. The molecule has 3 aromatic rings. The molecule has 0 spiro atoms. The Kier molecular flexibility index (Phi) is 3.94. The minimum absolute atomic E-state index is 0.191. The van der Waals surface area contributed by atoms with Crippen molar-refractivity contribution in [2.24, 2.45) is 0 Å². The molecule has 2 aromatic heterocycles. The zero-order valence-corrected chi connectivity index (χ0v) is 12.9. The summed E-state index contributed by atoms with van der Waals surface area (Å²) in [5.41, 5.74) is 1.53. The molecular formula is C14H13Cl2N5. The summed E-state index contributed by atoms with van der Waals surface area (Å²) in [4.78, 5) is 8.51. The maximum atomic E-state index is 6.02. The van der Waals surface area contributed by atoms with Gasteiger partial charge in [0.1, 0.15) is 5.82 Å². The van der Waals surface area contributed by atoms with Crippen molar-refractivity contribution in [1.82, 2.24) is 19.7 Å². The third-order valence-corrected chi connectivity index (χ3v) is 3.44. The maximum Gasteiger partial charge on any atom is 0.226 e. The number of rotatable bonds is 4. The summed E-state index contributed by atoms with van der Waals surface area (Å²) in [6.45, 7) is 2.90. The quantitative estimate of drug-likeness (QED) is 0.739. The van der Waals surface area contributed by atoms with Crippen LogP contribution in [0.5, 0.6) is 0 Å². The van der Waals surface area contributed by atoms with E-state index in [0.29, 0.717) is 16.5 Å². The molecule has 0 aliphatic heterocycles. The number of aromatic nitrogens is 4. The van der Waals surface area contributed by atoms with Gasteiger partial charge in [0.25, 0.3) is 0 Å². The van der Waals surface area contributed by atoms with E-state index in [4.69, 9.17) is 23.2 Å². The van der Waals surface area contributed by atoms with E-state index >= 15 is 0 Å². The zero-order valence-electron chi connectivity index (χ0n) is 11.3. The van der Waals surface area contributed by atoms with Gasteiger partial charge in [-0.05, 0) is 42.3 Å². The molecule has 0 bridgehead atoms. The smallest absolute Gasteiger partial charge is 0.226 e. The van der Waals surface area contributed by atoms with Gasteiger partial charge in [0.15, 0.2) is 5.65 Å². The molecule has 0 aliphatic rings. The van der Waals surface area contributed by atoms with Gasteiger partial charge in [-0.25, -0.2) is 4.68 Å². The van der Waals surface area contributed by atoms with Crippen LogP contribution in [0, 0.1) is 0 Å². The second-order valence-electron chi connectivity index (χ2n) is 4.54. The number of halogens is 2. The summed E-state index contributed by atoms with van der Waals surface area (Å²) in [6, 6.07) is 7.38. The highest BCUT2D eigenvalue weighted by Crippen LogP contribution is 2.24. The van der Waals surface area contributed by atoms with Gasteiger partial charge < -0.3 is 5.32 Å². The Balaban J connectivity index is 2.13. The van der Waals surface area contributed by atoms with E-state index in [-0.39, 0.29) is 5.28 Å². The average Bonchev–Trinajstić information content (AvgIpc) is 2.89. The monoisotopic (exact) mass is 321 g/mol. The first kappa shape index (κ1) is 14.1. The molecule has 21 heavy (non-hydrogen) atoms. The van der Waals surface area contributed by atoms with Crippen molar-refractivity contribution in [3.8, 4) is 5.69 Å². The van der Waals surface area contributed by atoms with Crippen LogP contribution < -0.4 is 5.32 Å². The van der Waals surface area contributed by atoms with E-state index in [1.165, 1.54) is 0 Å². The fourth-order valence-electron chi connectivity index (χ4n) is 2.03. The summed E-state index contributed by atoms with van der Waals surface area (Å²) in [7, 11) is 0. The lowest BCUT2D eigenvalue weighted by Crippen LogP contribution is -2.04. The molecular weight excluding hydrogens is 309 g/mol. The highest BCUT2D eigenvalue weighted by atomic mass is 35.5. The van der Waals surface area contributed by atoms with Crippen LogP contribution in [0.15, 0.2) is 30.5 Å². The van der Waals surface area contributed by atoms with Crippen molar-refractivity contribution in [1.29, 1.82) is 0 Å². The maximum absolute atomic E-state index is 6.02. The minimum atomic E-state index is 0.191. The summed E-state index contributed by atoms with van der Waals surface area (Å²) in [5.74, 6) is 0.701. The van der Waals surface area contributed by atoms with Crippen molar-refractivity contribution in [2.75, 3.05) is 11.9 Å². The van der Waals surface area contributed by atoms with Gasteiger partial charge in [-0.2, -0.15) is 15.1 Å². The van der Waals surface area contributed by atoms with Gasteiger partial charge in [-0.15, -0.1) is 0 Å². The molecule has 0 unspecified atom stereocenters. The second kappa shape index (κ2) is 5.87. The minimum Gasteiger partial charge on any atom is -0.369 e. The van der Waals surface area contributed by atoms with E-state index in [9.17, 15) is 0 Å². The number of hydrogen-bond donors (Lipinski definition) is 1. The Morgan fingerprint density at radius 1 is 1.14 bits per heavy atom. The van der Waals surface area contributed by atoms with Crippen LogP contribution in [0.1, 0.15) is 13.3 Å². The lowest BCUT2D eigenvalue weighted by molar-refractivity contribution is 0.895. The molecule has 0 fully saturated rings. The lowest BCUT2D eigenvalue weighted by atomic mass is 10.3. The Morgan fingerprint density at radius 2 is 1.90 bits per heavy atom. The fraction of sp³-hybridized carbons (Fsp3) is 0.214. The highest BCUT2D eigenvalue weighted by molar-refractivity contribution is 6.30. The summed E-state index contributed by atoms with van der Waals surface area (Å²) >= 11 is 11.9. The van der Waals surface area contributed by atoms with E-state index in [1.807, 2.05) is 24.3 Å². The Labute approximate surface area is 131 Å². The molecule has 0 aliphatic carbocycles. The first-order valence-electron chi connectivity index (χ1n) is 6.60. The Bertz CT molecular complexity index is 767. The standard InChI is InChI=1S/C14H13Cl2N5/c1-2-7-17-12-11-8-18-21(13(11)20-14(16)19-12)10-5-3-9(15)4-6-10/h3-6,8H,2,7H2,1H3,(H,17,19,20). The largest absolute Gasteiger partial charge is 0.369 e. The van der Waals surface area contributed by atoms with Crippen LogP contribution in [0.3, 0.4) is 0 Å². The summed E-state index contributed by atoms with van der Waals surface area (Å²) < 4.78 is 1.72. The van der Waals surface area contributed by atoms with Crippen LogP contribution in [-0.2, 0) is 0 Å². The van der Waals surface area contributed by atoms with Crippen LogP contribution >= 0.6 is 23.2 Å². The van der Waals surface area contributed by atoms with Gasteiger partial charge in [-0.3, -0.25) is 0 Å². The van der Waals surface area contributed by atoms with Crippen LogP contribution in [0.4, 0.5) is 5.82 Å². The number of nitrogens with one attached hydrogen (secondary N) is 1. The summed E-state index contributed by atoms with van der Waals surface area (Å²) in [5, 5.41) is 9.32. The van der Waals surface area contributed by atoms with Crippen LogP contribution in [0.25, 0.3) is 16.7 Å². The van der Waals surface area contributed by atoms with Crippen molar-refractivity contribution in [3.63, 3.8) is 0 Å². The molecule has 5 nitrogen and oxygen atoms in total. The number of fused-ring (bicyclic) bond motifs is 1. The van der Waals surface area contributed by atoms with Crippen molar-refractivity contribution < 1.29 is 0 Å². The Morgan fingerprint density at radius 3 is 2.62 bits per heavy atom. The van der Waals surface area contributed by atoms with Gasteiger partial charge >= 0.3 is 0 Å². The van der Waals surface area contributed by atoms with Crippen molar-refractivity contribution in [3.05, 3.63) is 40.8 Å². The first-order chi connectivity index (χ1) is 10.2. The molecule has 0 radical (unpaired) electrons. The van der Waals surface area contributed by atoms with Crippen LogP contribution in [0.2, 0.25) is 10.3 Å².